The Balaban J connectivity index is 3.08. The molecule has 0 fully saturated rings. The third-order valence-corrected chi connectivity index (χ3v) is 2.93. The van der Waals surface area contributed by atoms with E-state index in [0.29, 0.717) is 30.6 Å². The van der Waals surface area contributed by atoms with Gasteiger partial charge >= 0.3 is 6.01 Å². The van der Waals surface area contributed by atoms with E-state index in [-0.39, 0.29) is 0 Å². The topological polar surface area (TPSA) is 63.2 Å². The van der Waals surface area contributed by atoms with Gasteiger partial charge in [-0.3, -0.25) is 0 Å². The number of nitrogens with one attached hydrogen (secondary N) is 1. The van der Waals surface area contributed by atoms with Crippen LogP contribution >= 0.6 is 0 Å². The quantitative estimate of drug-likeness (QED) is 0.780. The van der Waals surface area contributed by atoms with Gasteiger partial charge in [0, 0.05) is 19.1 Å². The van der Waals surface area contributed by atoms with Gasteiger partial charge in [-0.2, -0.15) is 15.0 Å². The first-order valence-corrected chi connectivity index (χ1v) is 7.05. The van der Waals surface area contributed by atoms with Gasteiger partial charge in [0.1, 0.15) is 0 Å². The molecule has 0 spiro atoms. The minimum Gasteiger partial charge on any atom is -0.464 e. The molecule has 0 radical (unpaired) electrons. The van der Waals surface area contributed by atoms with Crippen LogP contribution in [-0.2, 0) is 0 Å². The molecule has 0 amide bonds. The second-order valence-electron chi connectivity index (χ2n) is 4.25. The Hall–Kier alpha value is -1.59. The van der Waals surface area contributed by atoms with Gasteiger partial charge in [0.05, 0.1) is 6.61 Å². The predicted octanol–water partition coefficient (Wildman–Crippen LogP) is 2.33. The van der Waals surface area contributed by atoms with Crippen LogP contribution in [0.2, 0.25) is 0 Å². The highest BCUT2D eigenvalue weighted by Gasteiger charge is 2.16. The van der Waals surface area contributed by atoms with Crippen LogP contribution in [0.3, 0.4) is 0 Å². The minimum atomic E-state index is 0.380. The fraction of sp³-hybridized carbons (Fsp3) is 0.769. The summed E-state index contributed by atoms with van der Waals surface area (Å²) < 4.78 is 5.41. The van der Waals surface area contributed by atoms with E-state index in [1.165, 1.54) is 0 Å². The summed E-state index contributed by atoms with van der Waals surface area (Å²) in [7, 11) is 0. The summed E-state index contributed by atoms with van der Waals surface area (Å²) in [5.41, 5.74) is 0. The summed E-state index contributed by atoms with van der Waals surface area (Å²) in [5, 5.41) is 3.11. The van der Waals surface area contributed by atoms with Crippen molar-refractivity contribution in [2.45, 2.75) is 47.1 Å². The average Bonchev–Trinajstić information content (AvgIpc) is 2.40. The van der Waals surface area contributed by atoms with Crippen LogP contribution in [0, 0.1) is 0 Å². The highest BCUT2D eigenvalue weighted by Crippen LogP contribution is 2.18. The Morgan fingerprint density at radius 2 is 1.89 bits per heavy atom. The van der Waals surface area contributed by atoms with Crippen molar-refractivity contribution in [2.24, 2.45) is 0 Å². The molecule has 0 aliphatic carbocycles. The standard InChI is InChI=1S/C13H25N5O/c1-6-10(5)18(8-3)12-15-11(14-7-2)16-13(17-12)19-9-4/h10H,6-9H2,1-5H3,(H,14,15,16,17). The largest absolute Gasteiger partial charge is 0.464 e. The van der Waals surface area contributed by atoms with E-state index in [1.54, 1.807) is 0 Å². The molecule has 1 atom stereocenters. The van der Waals surface area contributed by atoms with Gasteiger partial charge in [-0.15, -0.1) is 0 Å². The Bertz CT molecular complexity index is 361. The van der Waals surface area contributed by atoms with Crippen LogP contribution in [0.1, 0.15) is 41.0 Å². The van der Waals surface area contributed by atoms with E-state index in [0.717, 1.165) is 19.5 Å². The SMILES string of the molecule is CCNc1nc(OCC)nc(N(CC)C(C)CC)n1. The number of hydrogen-bond donors (Lipinski definition) is 1. The van der Waals surface area contributed by atoms with Crippen LogP contribution in [0.5, 0.6) is 6.01 Å². The zero-order valence-corrected chi connectivity index (χ0v) is 12.6. The lowest BCUT2D eigenvalue weighted by Crippen LogP contribution is -2.34. The predicted molar refractivity (Wildman–Crippen MR) is 77.9 cm³/mol. The van der Waals surface area contributed by atoms with Gasteiger partial charge in [-0.1, -0.05) is 6.92 Å². The van der Waals surface area contributed by atoms with Crippen molar-refractivity contribution in [2.75, 3.05) is 29.9 Å². The first-order chi connectivity index (χ1) is 9.15. The molecule has 0 saturated heterocycles. The number of hydrogen-bond acceptors (Lipinski definition) is 6. The second kappa shape index (κ2) is 7.76. The van der Waals surface area contributed by atoms with Crippen LogP contribution in [0.15, 0.2) is 0 Å². The van der Waals surface area contributed by atoms with Crippen molar-refractivity contribution in [1.82, 2.24) is 15.0 Å². The maximum atomic E-state index is 5.41. The third kappa shape index (κ3) is 4.22. The molecule has 1 aromatic rings. The molecule has 108 valence electrons. The van der Waals surface area contributed by atoms with Crippen molar-refractivity contribution in [1.29, 1.82) is 0 Å². The Kier molecular flexibility index (Phi) is 6.32. The molecule has 1 rings (SSSR count). The lowest BCUT2D eigenvalue weighted by atomic mass is 10.2. The smallest absolute Gasteiger partial charge is 0.323 e. The summed E-state index contributed by atoms with van der Waals surface area (Å²) in [6, 6.07) is 0.765. The van der Waals surface area contributed by atoms with Gasteiger partial charge in [0.25, 0.3) is 0 Å². The molecule has 0 aliphatic heterocycles. The van der Waals surface area contributed by atoms with Crippen LogP contribution in [0.4, 0.5) is 11.9 Å². The molecule has 0 bridgehead atoms. The number of aromatic nitrogens is 3. The number of nitrogens with zero attached hydrogens (tertiary/aromatic N) is 4. The first kappa shape index (κ1) is 15.5. The van der Waals surface area contributed by atoms with Crippen LogP contribution < -0.4 is 15.0 Å². The second-order valence-corrected chi connectivity index (χ2v) is 4.25. The Morgan fingerprint density at radius 3 is 2.42 bits per heavy atom. The molecular formula is C13H25N5O. The molecule has 6 nitrogen and oxygen atoms in total. The fourth-order valence-corrected chi connectivity index (χ4v) is 1.78. The molecule has 1 heterocycles. The molecule has 6 heteroatoms. The lowest BCUT2D eigenvalue weighted by Gasteiger charge is -2.27. The van der Waals surface area contributed by atoms with Gasteiger partial charge in [0.2, 0.25) is 11.9 Å². The molecule has 0 aliphatic rings. The summed E-state index contributed by atoms with van der Waals surface area (Å²) >= 11 is 0. The van der Waals surface area contributed by atoms with Crippen molar-refractivity contribution in [3.63, 3.8) is 0 Å². The number of rotatable bonds is 8. The Morgan fingerprint density at radius 1 is 1.16 bits per heavy atom. The first-order valence-electron chi connectivity index (χ1n) is 7.05. The Labute approximate surface area is 115 Å². The molecule has 0 aromatic carbocycles. The van der Waals surface area contributed by atoms with E-state index >= 15 is 0 Å². The molecule has 1 unspecified atom stereocenters. The maximum absolute atomic E-state index is 5.41. The van der Waals surface area contributed by atoms with E-state index in [4.69, 9.17) is 4.74 Å². The molecule has 19 heavy (non-hydrogen) atoms. The number of anilines is 2. The van der Waals surface area contributed by atoms with Crippen LogP contribution in [-0.4, -0.2) is 40.7 Å². The van der Waals surface area contributed by atoms with Crippen molar-refractivity contribution in [3.8, 4) is 6.01 Å². The molecule has 1 aromatic heterocycles. The van der Waals surface area contributed by atoms with Crippen molar-refractivity contribution >= 4 is 11.9 Å². The zero-order valence-electron chi connectivity index (χ0n) is 12.6. The van der Waals surface area contributed by atoms with Gasteiger partial charge < -0.3 is 15.0 Å². The summed E-state index contributed by atoms with van der Waals surface area (Å²) in [5.74, 6) is 1.24. The van der Waals surface area contributed by atoms with Gasteiger partial charge in [0.15, 0.2) is 0 Å². The van der Waals surface area contributed by atoms with E-state index < -0.39 is 0 Å². The van der Waals surface area contributed by atoms with E-state index in [1.807, 2.05) is 13.8 Å². The van der Waals surface area contributed by atoms with E-state index in [2.05, 4.69) is 45.9 Å². The van der Waals surface area contributed by atoms with Gasteiger partial charge in [-0.25, -0.2) is 0 Å². The van der Waals surface area contributed by atoms with Gasteiger partial charge in [-0.05, 0) is 34.1 Å². The van der Waals surface area contributed by atoms with Crippen LogP contribution in [0.25, 0.3) is 0 Å². The lowest BCUT2D eigenvalue weighted by molar-refractivity contribution is 0.311. The zero-order chi connectivity index (χ0) is 14.3. The highest BCUT2D eigenvalue weighted by molar-refractivity contribution is 5.39. The monoisotopic (exact) mass is 267 g/mol. The van der Waals surface area contributed by atoms with Crippen molar-refractivity contribution in [3.05, 3.63) is 0 Å². The molecule has 0 saturated carbocycles. The third-order valence-electron chi connectivity index (χ3n) is 2.93. The van der Waals surface area contributed by atoms with E-state index in [9.17, 15) is 0 Å². The minimum absolute atomic E-state index is 0.380. The summed E-state index contributed by atoms with van der Waals surface area (Å²) in [4.78, 5) is 15.2. The molecular weight excluding hydrogens is 242 g/mol. The average molecular weight is 267 g/mol. The fourth-order valence-electron chi connectivity index (χ4n) is 1.78. The summed E-state index contributed by atoms with van der Waals surface area (Å²) in [6.07, 6.45) is 1.04. The summed E-state index contributed by atoms with van der Waals surface area (Å²) in [6.45, 7) is 12.5. The normalized spacial score (nSPS) is 12.1. The maximum Gasteiger partial charge on any atom is 0.323 e. The highest BCUT2D eigenvalue weighted by atomic mass is 16.5. The van der Waals surface area contributed by atoms with Crippen molar-refractivity contribution < 1.29 is 4.74 Å². The molecule has 1 N–H and O–H groups in total. The number of ether oxygens (including phenoxy) is 1.